The van der Waals surface area contributed by atoms with Crippen molar-refractivity contribution in [1.29, 1.82) is 0 Å². The topological polar surface area (TPSA) is 31.4 Å². The number of likely N-dealkylation sites (tertiary alicyclic amines) is 1. The van der Waals surface area contributed by atoms with E-state index in [0.717, 1.165) is 26.1 Å². The van der Waals surface area contributed by atoms with E-state index < -0.39 is 5.95 Å². The molecule has 1 aliphatic rings. The van der Waals surface area contributed by atoms with Gasteiger partial charge in [-0.1, -0.05) is 43.3 Å². The van der Waals surface area contributed by atoms with Gasteiger partial charge >= 0.3 is 0 Å². The van der Waals surface area contributed by atoms with Crippen LogP contribution in [0.1, 0.15) is 30.2 Å². The first-order valence-electron chi connectivity index (χ1n) is 10.8. The summed E-state index contributed by atoms with van der Waals surface area (Å²) in [6, 6.07) is 18.4. The van der Waals surface area contributed by atoms with Gasteiger partial charge in [-0.2, -0.15) is 4.39 Å². The molecule has 7 heteroatoms. The molecule has 3 heterocycles. The fourth-order valence-corrected chi connectivity index (χ4v) is 6.02. The van der Waals surface area contributed by atoms with E-state index in [9.17, 15) is 4.39 Å². The van der Waals surface area contributed by atoms with Gasteiger partial charge in [0.1, 0.15) is 5.82 Å². The largest absolute Gasteiger partial charge is 0.371 e. The molecule has 1 saturated heterocycles. The van der Waals surface area contributed by atoms with Gasteiger partial charge in [0.05, 0.1) is 9.90 Å². The van der Waals surface area contributed by atoms with Gasteiger partial charge in [0.2, 0.25) is 5.95 Å². The van der Waals surface area contributed by atoms with Gasteiger partial charge in [-0.3, -0.25) is 4.90 Å². The molecule has 4 rings (SSSR count). The molecule has 0 unspecified atom stereocenters. The van der Waals surface area contributed by atoms with E-state index in [2.05, 4.69) is 69.9 Å². The van der Waals surface area contributed by atoms with Crippen molar-refractivity contribution in [2.75, 3.05) is 29.8 Å². The highest BCUT2D eigenvalue weighted by Gasteiger charge is 2.25. The number of piperidine rings is 1. The number of thiophene rings is 1. The molecule has 1 aliphatic heterocycles. The predicted octanol–water partition coefficient (Wildman–Crippen LogP) is 6.06. The molecule has 1 aromatic carbocycles. The van der Waals surface area contributed by atoms with Crippen LogP contribution < -0.4 is 9.62 Å². The van der Waals surface area contributed by atoms with Gasteiger partial charge < -0.3 is 9.62 Å². The molecular weight excluding hydrogens is 427 g/mol. The number of nitrogens with one attached hydrogen (secondary N) is 1. The predicted molar refractivity (Wildman–Crippen MR) is 131 cm³/mol. The standard InChI is InChI=1S/C24H29FN4S2/c1-3-21-20(16-24(30-21)31-27-23-11-7-10-22(25)26-23)28(2)19-12-14-29(15-13-19)17-18-8-5-4-6-9-18/h4-11,16,19H,3,12-15,17H2,1-2H3,(H,26,27). The SMILES string of the molecule is CCc1sc(SNc2cccc(F)n2)cc1N(C)C1CCN(Cc2ccccc2)CC1. The Kier molecular flexibility index (Phi) is 7.48. The quantitative estimate of drug-likeness (QED) is 0.329. The molecule has 0 bridgehead atoms. The third-order valence-electron chi connectivity index (χ3n) is 5.79. The van der Waals surface area contributed by atoms with E-state index in [1.165, 1.54) is 51.2 Å². The van der Waals surface area contributed by atoms with Crippen LogP contribution in [-0.4, -0.2) is 36.1 Å². The summed E-state index contributed by atoms with van der Waals surface area (Å²) in [5, 5.41) is 0. The Labute approximate surface area is 192 Å². The lowest BCUT2D eigenvalue weighted by Gasteiger charge is -2.38. The number of hydrogen-bond acceptors (Lipinski definition) is 6. The van der Waals surface area contributed by atoms with Crippen LogP contribution in [0.5, 0.6) is 0 Å². The average molecular weight is 457 g/mol. The first-order chi connectivity index (χ1) is 15.1. The van der Waals surface area contributed by atoms with Crippen LogP contribution in [0.3, 0.4) is 0 Å². The van der Waals surface area contributed by atoms with Crippen molar-refractivity contribution >= 4 is 34.8 Å². The molecule has 164 valence electrons. The first kappa shape index (κ1) is 22.1. The van der Waals surface area contributed by atoms with Gasteiger partial charge in [-0.05, 0) is 55.0 Å². The summed E-state index contributed by atoms with van der Waals surface area (Å²) in [5.41, 5.74) is 2.72. The van der Waals surface area contributed by atoms with Crippen molar-refractivity contribution in [1.82, 2.24) is 9.88 Å². The second kappa shape index (κ2) is 10.5. The molecule has 0 saturated carbocycles. The first-order valence-corrected chi connectivity index (χ1v) is 12.4. The minimum Gasteiger partial charge on any atom is -0.371 e. The number of aromatic nitrogens is 1. The number of halogens is 1. The van der Waals surface area contributed by atoms with Crippen LogP contribution in [-0.2, 0) is 13.0 Å². The third-order valence-corrected chi connectivity index (χ3v) is 7.98. The maximum absolute atomic E-state index is 13.3. The van der Waals surface area contributed by atoms with E-state index >= 15 is 0 Å². The molecule has 0 amide bonds. The van der Waals surface area contributed by atoms with Crippen LogP contribution in [0.25, 0.3) is 0 Å². The van der Waals surface area contributed by atoms with E-state index in [4.69, 9.17) is 0 Å². The second-order valence-electron chi connectivity index (χ2n) is 7.88. The maximum Gasteiger partial charge on any atom is 0.214 e. The normalized spacial score (nSPS) is 15.2. The number of rotatable bonds is 8. The summed E-state index contributed by atoms with van der Waals surface area (Å²) < 4.78 is 17.6. The monoisotopic (exact) mass is 456 g/mol. The molecule has 0 radical (unpaired) electrons. The molecule has 1 fully saturated rings. The highest BCUT2D eigenvalue weighted by Crippen LogP contribution is 2.38. The highest BCUT2D eigenvalue weighted by atomic mass is 32.2. The summed E-state index contributed by atoms with van der Waals surface area (Å²) in [7, 11) is 2.23. The fourth-order valence-electron chi connectivity index (χ4n) is 4.07. The minimum atomic E-state index is -0.468. The Morgan fingerprint density at radius 2 is 1.94 bits per heavy atom. The fraction of sp³-hybridized carbons (Fsp3) is 0.375. The summed E-state index contributed by atoms with van der Waals surface area (Å²) in [4.78, 5) is 10.3. The molecule has 0 atom stereocenters. The Bertz CT molecular complexity index is 971. The number of anilines is 2. The number of nitrogens with zero attached hydrogens (tertiary/aromatic N) is 3. The maximum atomic E-state index is 13.3. The average Bonchev–Trinajstić information content (AvgIpc) is 3.22. The summed E-state index contributed by atoms with van der Waals surface area (Å²) in [6.07, 6.45) is 3.36. The molecule has 4 nitrogen and oxygen atoms in total. The number of hydrogen-bond donors (Lipinski definition) is 1. The lowest BCUT2D eigenvalue weighted by molar-refractivity contribution is 0.203. The zero-order valence-electron chi connectivity index (χ0n) is 18.1. The smallest absolute Gasteiger partial charge is 0.214 e. The van der Waals surface area contributed by atoms with Gasteiger partial charge in [0.25, 0.3) is 0 Å². The van der Waals surface area contributed by atoms with Crippen molar-refractivity contribution in [3.8, 4) is 0 Å². The van der Waals surface area contributed by atoms with Crippen molar-refractivity contribution < 1.29 is 4.39 Å². The van der Waals surface area contributed by atoms with E-state index in [-0.39, 0.29) is 0 Å². The van der Waals surface area contributed by atoms with Crippen molar-refractivity contribution in [3.63, 3.8) is 0 Å². The number of aryl methyl sites for hydroxylation is 1. The van der Waals surface area contributed by atoms with Crippen LogP contribution in [0, 0.1) is 5.95 Å². The molecule has 2 aromatic heterocycles. The zero-order valence-corrected chi connectivity index (χ0v) is 19.7. The molecule has 1 N–H and O–H groups in total. The van der Waals surface area contributed by atoms with Crippen LogP contribution in [0.4, 0.5) is 15.9 Å². The third kappa shape index (κ3) is 5.79. The summed E-state index contributed by atoms with van der Waals surface area (Å²) >= 11 is 3.31. The van der Waals surface area contributed by atoms with E-state index in [1.807, 2.05) is 0 Å². The lowest BCUT2D eigenvalue weighted by atomic mass is 10.0. The van der Waals surface area contributed by atoms with Crippen LogP contribution in [0.15, 0.2) is 58.8 Å². The molecule has 0 spiro atoms. The second-order valence-corrected chi connectivity index (χ2v) is 10.1. The van der Waals surface area contributed by atoms with Gasteiger partial charge in [-0.25, -0.2) is 4.98 Å². The van der Waals surface area contributed by atoms with Gasteiger partial charge in [0.15, 0.2) is 0 Å². The van der Waals surface area contributed by atoms with Gasteiger partial charge in [0, 0.05) is 37.6 Å². The van der Waals surface area contributed by atoms with Crippen LogP contribution in [0.2, 0.25) is 0 Å². The van der Waals surface area contributed by atoms with Crippen LogP contribution >= 0.6 is 23.3 Å². The zero-order chi connectivity index (χ0) is 21.6. The highest BCUT2D eigenvalue weighted by molar-refractivity contribution is 8.02. The minimum absolute atomic E-state index is 0.468. The van der Waals surface area contributed by atoms with E-state index in [0.29, 0.717) is 11.9 Å². The molecule has 3 aromatic rings. The van der Waals surface area contributed by atoms with Gasteiger partial charge in [-0.15, -0.1) is 11.3 Å². The van der Waals surface area contributed by atoms with Crippen molar-refractivity contribution in [2.45, 2.75) is 43.0 Å². The Morgan fingerprint density at radius 1 is 1.16 bits per heavy atom. The Hall–Kier alpha value is -2.09. The van der Waals surface area contributed by atoms with E-state index in [1.54, 1.807) is 23.5 Å². The Balaban J connectivity index is 1.35. The molecule has 31 heavy (non-hydrogen) atoms. The molecule has 0 aliphatic carbocycles. The Morgan fingerprint density at radius 3 is 2.65 bits per heavy atom. The number of benzene rings is 1. The van der Waals surface area contributed by atoms with Crippen molar-refractivity contribution in [2.24, 2.45) is 0 Å². The molecular formula is C24H29FN4S2. The summed E-state index contributed by atoms with van der Waals surface area (Å²) in [6.45, 7) is 5.51. The lowest BCUT2D eigenvalue weighted by Crippen LogP contribution is -2.43. The number of pyridine rings is 1. The summed E-state index contributed by atoms with van der Waals surface area (Å²) in [5.74, 6) is 0.0715. The van der Waals surface area contributed by atoms with Crippen molar-refractivity contribution in [3.05, 3.63) is 71.0 Å².